The second kappa shape index (κ2) is 10.1. The highest BCUT2D eigenvalue weighted by molar-refractivity contribution is 5.81. The number of methoxy groups -OCH3 is 1. The number of carbonyl (C=O) groups excluding carboxylic acids is 1. The van der Waals surface area contributed by atoms with Crippen molar-refractivity contribution >= 4 is 5.97 Å². The van der Waals surface area contributed by atoms with E-state index in [0.29, 0.717) is 13.0 Å². The summed E-state index contributed by atoms with van der Waals surface area (Å²) in [6.45, 7) is 6.38. The molecule has 98 valence electrons. The predicted molar refractivity (Wildman–Crippen MR) is 66.6 cm³/mol. The minimum absolute atomic E-state index is 0.172. The van der Waals surface area contributed by atoms with Gasteiger partial charge in [0.1, 0.15) is 6.79 Å². The van der Waals surface area contributed by atoms with Crippen LogP contribution in [0.15, 0.2) is 23.8 Å². The summed E-state index contributed by atoms with van der Waals surface area (Å²) in [5.41, 5.74) is 1.21. The van der Waals surface area contributed by atoms with Crippen molar-refractivity contribution in [2.24, 2.45) is 0 Å². The molecule has 0 aliphatic rings. The summed E-state index contributed by atoms with van der Waals surface area (Å²) in [5.74, 6) is -0.351. The first kappa shape index (κ1) is 15.9. The Bertz CT molecular complexity index is 265. The molecule has 0 saturated carbocycles. The van der Waals surface area contributed by atoms with E-state index in [1.54, 1.807) is 20.1 Å². The maximum absolute atomic E-state index is 11.1. The molecule has 0 aliphatic carbocycles. The Morgan fingerprint density at radius 3 is 2.59 bits per heavy atom. The molecule has 0 aromatic heterocycles. The van der Waals surface area contributed by atoms with Crippen molar-refractivity contribution in [1.82, 2.24) is 0 Å². The first-order valence-electron chi connectivity index (χ1n) is 5.69. The van der Waals surface area contributed by atoms with Gasteiger partial charge in [0, 0.05) is 13.2 Å². The smallest absolute Gasteiger partial charge is 0.330 e. The van der Waals surface area contributed by atoms with Gasteiger partial charge in [-0.2, -0.15) is 0 Å². The summed E-state index contributed by atoms with van der Waals surface area (Å²) in [5, 5.41) is 0. The number of rotatable bonds is 8. The lowest BCUT2D eigenvalue weighted by Crippen LogP contribution is -2.12. The van der Waals surface area contributed by atoms with E-state index in [9.17, 15) is 4.79 Å². The first-order valence-corrected chi connectivity index (χ1v) is 5.69. The second-order valence-corrected chi connectivity index (χ2v) is 3.74. The van der Waals surface area contributed by atoms with E-state index >= 15 is 0 Å². The zero-order chi connectivity index (χ0) is 13.1. The Morgan fingerprint density at radius 1 is 1.35 bits per heavy atom. The summed E-state index contributed by atoms with van der Waals surface area (Å²) in [4.78, 5) is 11.1. The van der Waals surface area contributed by atoms with Gasteiger partial charge in [-0.3, -0.25) is 0 Å². The topological polar surface area (TPSA) is 44.8 Å². The molecule has 0 saturated heterocycles. The van der Waals surface area contributed by atoms with Crippen LogP contribution >= 0.6 is 0 Å². The second-order valence-electron chi connectivity index (χ2n) is 3.74. The molecule has 0 aromatic rings. The Balaban J connectivity index is 4.26. The standard InChI is InChI=1S/C13H22O4/c1-5-16-13(14)9-8-12(17-10-15-4)7-6-11(2)3/h6,8-9,12H,5,7,10H2,1-4H3/b9-8-/t12-/m1/s1. The average Bonchev–Trinajstić information content (AvgIpc) is 2.28. The molecule has 1 atom stereocenters. The molecule has 0 aromatic carbocycles. The van der Waals surface area contributed by atoms with E-state index in [1.807, 2.05) is 13.8 Å². The lowest BCUT2D eigenvalue weighted by molar-refractivity contribution is -0.137. The Hall–Kier alpha value is -1.13. The van der Waals surface area contributed by atoms with Gasteiger partial charge >= 0.3 is 5.97 Å². The Labute approximate surface area is 103 Å². The molecule has 0 N–H and O–H groups in total. The first-order chi connectivity index (χ1) is 8.10. The average molecular weight is 242 g/mol. The number of esters is 1. The van der Waals surface area contributed by atoms with Crippen LogP contribution < -0.4 is 0 Å². The van der Waals surface area contributed by atoms with Crippen molar-refractivity contribution in [2.45, 2.75) is 33.3 Å². The normalized spacial score (nSPS) is 12.5. The van der Waals surface area contributed by atoms with Crippen LogP contribution in [0.5, 0.6) is 0 Å². The number of allylic oxidation sites excluding steroid dienone is 1. The fraction of sp³-hybridized carbons (Fsp3) is 0.615. The summed E-state index contributed by atoms with van der Waals surface area (Å²) < 4.78 is 15.0. The molecule has 0 heterocycles. The van der Waals surface area contributed by atoms with Crippen molar-refractivity contribution in [3.8, 4) is 0 Å². The van der Waals surface area contributed by atoms with Gasteiger partial charge in [-0.05, 0) is 33.3 Å². The maximum Gasteiger partial charge on any atom is 0.330 e. The Kier molecular flexibility index (Phi) is 9.38. The van der Waals surface area contributed by atoms with E-state index < -0.39 is 0 Å². The zero-order valence-corrected chi connectivity index (χ0v) is 11.1. The van der Waals surface area contributed by atoms with Crippen LogP contribution in [0.25, 0.3) is 0 Å². The lowest BCUT2D eigenvalue weighted by Gasteiger charge is -2.11. The van der Waals surface area contributed by atoms with Gasteiger partial charge in [0.25, 0.3) is 0 Å². The van der Waals surface area contributed by atoms with Crippen molar-refractivity contribution in [3.05, 3.63) is 23.8 Å². The number of hydrogen-bond donors (Lipinski definition) is 0. The predicted octanol–water partition coefficient (Wildman–Crippen LogP) is 2.45. The van der Waals surface area contributed by atoms with E-state index in [0.717, 1.165) is 0 Å². The molecule has 0 unspecified atom stereocenters. The summed E-state index contributed by atoms with van der Waals surface area (Å²) >= 11 is 0. The minimum atomic E-state index is -0.351. The minimum Gasteiger partial charge on any atom is -0.463 e. The van der Waals surface area contributed by atoms with Crippen LogP contribution in [0.1, 0.15) is 27.2 Å². The van der Waals surface area contributed by atoms with Crippen LogP contribution in [-0.2, 0) is 19.0 Å². The van der Waals surface area contributed by atoms with Crippen molar-refractivity contribution in [3.63, 3.8) is 0 Å². The molecular formula is C13H22O4. The number of carbonyl (C=O) groups is 1. The van der Waals surface area contributed by atoms with Gasteiger partial charge < -0.3 is 14.2 Å². The van der Waals surface area contributed by atoms with Gasteiger partial charge in [-0.25, -0.2) is 4.79 Å². The molecule has 17 heavy (non-hydrogen) atoms. The third-order valence-corrected chi connectivity index (χ3v) is 1.89. The number of ether oxygens (including phenoxy) is 3. The molecule has 0 radical (unpaired) electrons. The molecular weight excluding hydrogens is 220 g/mol. The quantitative estimate of drug-likeness (QED) is 0.284. The fourth-order valence-corrected chi connectivity index (χ4v) is 1.09. The van der Waals surface area contributed by atoms with Crippen molar-refractivity contribution in [1.29, 1.82) is 0 Å². The summed E-state index contributed by atoms with van der Waals surface area (Å²) in [6.07, 6.45) is 5.67. The van der Waals surface area contributed by atoms with E-state index in [2.05, 4.69) is 6.08 Å². The molecule has 0 aliphatic heterocycles. The van der Waals surface area contributed by atoms with Gasteiger partial charge in [-0.1, -0.05) is 11.6 Å². The van der Waals surface area contributed by atoms with Crippen LogP contribution in [0.2, 0.25) is 0 Å². The summed E-state index contributed by atoms with van der Waals surface area (Å²) in [7, 11) is 1.56. The molecule has 0 rings (SSSR count). The van der Waals surface area contributed by atoms with Gasteiger partial charge in [-0.15, -0.1) is 0 Å². The monoisotopic (exact) mass is 242 g/mol. The molecule has 0 spiro atoms. The fourth-order valence-electron chi connectivity index (χ4n) is 1.09. The zero-order valence-electron chi connectivity index (χ0n) is 11.1. The van der Waals surface area contributed by atoms with Crippen LogP contribution in [0, 0.1) is 0 Å². The Morgan fingerprint density at radius 2 is 2.06 bits per heavy atom. The molecule has 4 heteroatoms. The van der Waals surface area contributed by atoms with E-state index in [-0.39, 0.29) is 18.9 Å². The van der Waals surface area contributed by atoms with Crippen molar-refractivity contribution in [2.75, 3.05) is 20.5 Å². The third-order valence-electron chi connectivity index (χ3n) is 1.89. The van der Waals surface area contributed by atoms with Gasteiger partial charge in [0.2, 0.25) is 0 Å². The highest BCUT2D eigenvalue weighted by Crippen LogP contribution is 2.05. The van der Waals surface area contributed by atoms with Gasteiger partial charge in [0.15, 0.2) is 0 Å². The largest absolute Gasteiger partial charge is 0.463 e. The van der Waals surface area contributed by atoms with Crippen LogP contribution in [0.3, 0.4) is 0 Å². The van der Waals surface area contributed by atoms with Crippen LogP contribution in [-0.4, -0.2) is 32.6 Å². The SMILES string of the molecule is CCOC(=O)/C=C\[C@@H](CC=C(C)C)OCOC. The highest BCUT2D eigenvalue weighted by atomic mass is 16.7. The number of hydrogen-bond acceptors (Lipinski definition) is 4. The van der Waals surface area contributed by atoms with E-state index in [1.165, 1.54) is 11.6 Å². The van der Waals surface area contributed by atoms with Gasteiger partial charge in [0.05, 0.1) is 12.7 Å². The molecule has 0 amide bonds. The maximum atomic E-state index is 11.1. The molecule has 0 fully saturated rings. The van der Waals surface area contributed by atoms with Crippen molar-refractivity contribution < 1.29 is 19.0 Å². The highest BCUT2D eigenvalue weighted by Gasteiger charge is 2.04. The molecule has 4 nitrogen and oxygen atoms in total. The van der Waals surface area contributed by atoms with Crippen LogP contribution in [0.4, 0.5) is 0 Å². The summed E-state index contributed by atoms with van der Waals surface area (Å²) in [6, 6.07) is 0. The molecule has 0 bridgehead atoms. The lowest BCUT2D eigenvalue weighted by atomic mass is 10.2. The third kappa shape index (κ3) is 9.78. The van der Waals surface area contributed by atoms with E-state index in [4.69, 9.17) is 14.2 Å².